The normalized spacial score (nSPS) is 48.8. The number of aliphatic hydroxyl groups is 1. The molecule has 6 heteroatoms. The lowest BCUT2D eigenvalue weighted by molar-refractivity contribution is -0.137. The van der Waals surface area contributed by atoms with Crippen molar-refractivity contribution in [3.8, 4) is 0 Å². The van der Waals surface area contributed by atoms with Crippen LogP contribution in [-0.2, 0) is 13.9 Å². The molecule has 2 N–H and O–H groups in total. The van der Waals surface area contributed by atoms with Crippen LogP contribution in [0.25, 0.3) is 0 Å². The summed E-state index contributed by atoms with van der Waals surface area (Å²) in [6, 6.07) is 0. The summed E-state index contributed by atoms with van der Waals surface area (Å²) in [5, 5.41) is 16.0. The Morgan fingerprint density at radius 3 is 2.27 bits per heavy atom. The third-order valence-corrected chi connectivity index (χ3v) is 5.11. The molecule has 1 aliphatic rings. The summed E-state index contributed by atoms with van der Waals surface area (Å²) in [6.07, 6.45) is 0. The van der Waals surface area contributed by atoms with E-state index in [1.807, 2.05) is 0 Å². The quantitative estimate of drug-likeness (QED) is 0.588. The van der Waals surface area contributed by atoms with Crippen molar-refractivity contribution in [2.75, 3.05) is 7.11 Å². The second-order valence-corrected chi connectivity index (χ2v) is 5.60. The van der Waals surface area contributed by atoms with Crippen molar-refractivity contribution in [2.24, 2.45) is 0 Å². The zero-order valence-corrected chi connectivity index (χ0v) is 7.04. The summed E-state index contributed by atoms with van der Waals surface area (Å²) < 4.78 is 15.7. The molecule has 0 aromatic carbocycles. The zero-order valence-electron chi connectivity index (χ0n) is 6.14. The van der Waals surface area contributed by atoms with E-state index in [0.717, 1.165) is 7.11 Å². The number of aliphatic carboxylic acids is 1. The zero-order chi connectivity index (χ0) is 8.86. The third-order valence-electron chi connectivity index (χ3n) is 1.93. The molecule has 0 amide bonds. The predicted octanol–water partition coefficient (Wildman–Crippen LogP) is 0.0862. The van der Waals surface area contributed by atoms with Gasteiger partial charge in [-0.05, 0) is 6.92 Å². The van der Waals surface area contributed by atoms with Crippen LogP contribution in [0.2, 0.25) is 0 Å². The minimum absolute atomic E-state index is 1.14. The lowest BCUT2D eigenvalue weighted by atomic mass is 10.3. The van der Waals surface area contributed by atoms with Gasteiger partial charge in [-0.1, -0.05) is 0 Å². The molecule has 0 radical (unpaired) electrons. The summed E-state index contributed by atoms with van der Waals surface area (Å²) in [6.45, 7) is 1.20. The molecule has 1 fully saturated rings. The van der Waals surface area contributed by atoms with Crippen molar-refractivity contribution in [3.63, 3.8) is 0 Å². The number of carboxylic acids is 1. The Bertz CT molecular complexity index is 245. The average molecular weight is 180 g/mol. The highest BCUT2D eigenvalue weighted by Gasteiger charge is 2.77. The van der Waals surface area contributed by atoms with Gasteiger partial charge in [-0.25, -0.2) is 0 Å². The molecule has 0 aliphatic carbocycles. The molecule has 0 bridgehead atoms. The maximum Gasteiger partial charge on any atom is 0.320 e. The Balaban J connectivity index is 2.93. The number of carbonyl (C=O) groups is 1. The highest BCUT2D eigenvalue weighted by atomic mass is 31.2. The molecule has 0 aromatic rings. The van der Waals surface area contributed by atoms with Gasteiger partial charge in [0.25, 0.3) is 7.37 Å². The molecule has 0 spiro atoms. The van der Waals surface area contributed by atoms with Gasteiger partial charge in [0.05, 0.1) is 0 Å². The SMILES string of the molecule is COP1(=O)C(C(=O)O)C1(C)O. The fraction of sp³-hybridized carbons (Fsp3) is 0.800. The minimum atomic E-state index is -3.31. The van der Waals surface area contributed by atoms with Gasteiger partial charge in [0, 0.05) is 7.11 Å². The molecule has 11 heavy (non-hydrogen) atoms. The highest BCUT2D eigenvalue weighted by molar-refractivity contribution is 7.70. The van der Waals surface area contributed by atoms with Gasteiger partial charge in [-0.2, -0.15) is 0 Å². The molecule has 0 aromatic heterocycles. The van der Waals surface area contributed by atoms with Crippen LogP contribution >= 0.6 is 7.37 Å². The molecule has 3 unspecified atom stereocenters. The van der Waals surface area contributed by atoms with Gasteiger partial charge < -0.3 is 14.7 Å². The van der Waals surface area contributed by atoms with E-state index in [1.54, 1.807) is 0 Å². The van der Waals surface area contributed by atoms with E-state index in [9.17, 15) is 14.5 Å². The summed E-state index contributed by atoms with van der Waals surface area (Å²) in [4.78, 5) is 10.3. The predicted molar refractivity (Wildman–Crippen MR) is 36.7 cm³/mol. The molecule has 1 aliphatic heterocycles. The van der Waals surface area contributed by atoms with Crippen molar-refractivity contribution >= 4 is 13.3 Å². The maximum absolute atomic E-state index is 11.3. The molecule has 64 valence electrons. The van der Waals surface area contributed by atoms with Gasteiger partial charge in [-0.3, -0.25) is 9.36 Å². The number of carboxylic acid groups (broad SMARTS) is 1. The monoisotopic (exact) mass is 180 g/mol. The molecule has 5 nitrogen and oxygen atoms in total. The molecule has 0 saturated carbocycles. The van der Waals surface area contributed by atoms with E-state index in [4.69, 9.17) is 5.11 Å². The second-order valence-electron chi connectivity index (χ2n) is 2.61. The molecular weight excluding hydrogens is 171 g/mol. The van der Waals surface area contributed by atoms with Crippen molar-refractivity contribution in [2.45, 2.75) is 17.9 Å². The van der Waals surface area contributed by atoms with Crippen LogP contribution in [0.5, 0.6) is 0 Å². The summed E-state index contributed by atoms with van der Waals surface area (Å²) in [7, 11) is -2.17. The first-order chi connectivity index (χ1) is 4.88. The Kier molecular flexibility index (Phi) is 1.63. The Labute approximate surface area is 63.4 Å². The van der Waals surface area contributed by atoms with E-state index >= 15 is 0 Å². The van der Waals surface area contributed by atoms with Crippen LogP contribution in [0, 0.1) is 0 Å². The number of hydrogen-bond donors (Lipinski definition) is 2. The van der Waals surface area contributed by atoms with Crippen LogP contribution in [-0.4, -0.2) is 34.3 Å². The number of hydrogen-bond acceptors (Lipinski definition) is 4. The summed E-state index contributed by atoms with van der Waals surface area (Å²) in [5.74, 6) is -1.28. The van der Waals surface area contributed by atoms with Crippen molar-refractivity contribution in [1.82, 2.24) is 0 Å². The van der Waals surface area contributed by atoms with Crippen LogP contribution in [0.15, 0.2) is 0 Å². The van der Waals surface area contributed by atoms with Crippen molar-refractivity contribution in [3.05, 3.63) is 0 Å². The molecule has 3 atom stereocenters. The minimum Gasteiger partial charge on any atom is -0.481 e. The standard InChI is InChI=1S/C5H9O5P/c1-5(8)3(4(6)7)11(5,9)10-2/h3,8H,1-2H3,(H,6,7). The van der Waals surface area contributed by atoms with E-state index in [-0.39, 0.29) is 0 Å². The Morgan fingerprint density at radius 2 is 2.18 bits per heavy atom. The van der Waals surface area contributed by atoms with Crippen LogP contribution in [0.4, 0.5) is 0 Å². The van der Waals surface area contributed by atoms with Gasteiger partial charge >= 0.3 is 5.97 Å². The first-order valence-electron chi connectivity index (χ1n) is 2.98. The van der Waals surface area contributed by atoms with Crippen LogP contribution in [0.3, 0.4) is 0 Å². The number of rotatable bonds is 2. The largest absolute Gasteiger partial charge is 0.481 e. The lowest BCUT2D eigenvalue weighted by Crippen LogP contribution is -2.15. The van der Waals surface area contributed by atoms with E-state index in [0.29, 0.717) is 0 Å². The Hall–Kier alpha value is -0.380. The third kappa shape index (κ3) is 0.851. The maximum atomic E-state index is 11.3. The first-order valence-corrected chi connectivity index (χ1v) is 4.68. The van der Waals surface area contributed by atoms with E-state index in [1.165, 1.54) is 6.92 Å². The first kappa shape index (κ1) is 8.71. The fourth-order valence-electron chi connectivity index (χ4n) is 1.15. The Morgan fingerprint density at radius 1 is 1.73 bits per heavy atom. The second kappa shape index (κ2) is 2.06. The summed E-state index contributed by atoms with van der Waals surface area (Å²) >= 11 is 0. The topological polar surface area (TPSA) is 83.8 Å². The smallest absolute Gasteiger partial charge is 0.320 e. The van der Waals surface area contributed by atoms with E-state index < -0.39 is 24.3 Å². The summed E-state index contributed by atoms with van der Waals surface area (Å²) in [5.41, 5.74) is -1.25. The van der Waals surface area contributed by atoms with Crippen molar-refractivity contribution in [1.29, 1.82) is 0 Å². The van der Waals surface area contributed by atoms with Gasteiger partial charge in [0.15, 0.2) is 11.0 Å². The fourth-order valence-corrected chi connectivity index (χ4v) is 3.36. The van der Waals surface area contributed by atoms with Gasteiger partial charge in [0.2, 0.25) is 0 Å². The highest BCUT2D eigenvalue weighted by Crippen LogP contribution is 2.80. The van der Waals surface area contributed by atoms with Crippen LogP contribution in [0.1, 0.15) is 6.92 Å². The van der Waals surface area contributed by atoms with Crippen LogP contribution < -0.4 is 0 Å². The van der Waals surface area contributed by atoms with Gasteiger partial charge in [-0.15, -0.1) is 0 Å². The average Bonchev–Trinajstić information content (AvgIpc) is 2.29. The lowest BCUT2D eigenvalue weighted by Gasteiger charge is -1.96. The van der Waals surface area contributed by atoms with E-state index in [2.05, 4.69) is 4.52 Å². The molecule has 1 heterocycles. The van der Waals surface area contributed by atoms with Crippen molar-refractivity contribution < 1.29 is 24.1 Å². The molecule has 1 saturated heterocycles. The molecule has 1 rings (SSSR count). The molecular formula is C5H9O5P. The van der Waals surface area contributed by atoms with Gasteiger partial charge in [0.1, 0.15) is 0 Å².